The first-order chi connectivity index (χ1) is 9.42. The van der Waals surface area contributed by atoms with Crippen LogP contribution >= 0.6 is 0 Å². The van der Waals surface area contributed by atoms with Crippen LogP contribution in [0.4, 0.5) is 0 Å². The summed E-state index contributed by atoms with van der Waals surface area (Å²) in [5.74, 6) is 0. The molecule has 0 fully saturated rings. The highest BCUT2D eigenvalue weighted by atomic mass is 14.8. The zero-order valence-electron chi connectivity index (χ0n) is 10.9. The Hall–Kier alpha value is -2.06. The van der Waals surface area contributed by atoms with Gasteiger partial charge in [-0.1, -0.05) is 42.5 Å². The molecule has 2 nitrogen and oxygen atoms in total. The Morgan fingerprint density at radius 1 is 0.895 bits per heavy atom. The minimum atomic E-state index is 0.936. The third kappa shape index (κ3) is 3.04. The number of aromatic nitrogens is 1. The van der Waals surface area contributed by atoms with Crippen LogP contribution in [-0.4, -0.2) is 11.5 Å². The topological polar surface area (TPSA) is 27.8 Å². The summed E-state index contributed by atoms with van der Waals surface area (Å²) in [6, 6.07) is 19.2. The highest BCUT2D eigenvalue weighted by Crippen LogP contribution is 2.14. The number of fused-ring (bicyclic) bond motifs is 1. The van der Waals surface area contributed by atoms with E-state index in [1.165, 1.54) is 22.0 Å². The van der Waals surface area contributed by atoms with Crippen molar-refractivity contribution in [1.82, 2.24) is 10.3 Å². The molecular formula is C17H18N2. The molecule has 0 aliphatic carbocycles. The number of aromatic amines is 1. The Morgan fingerprint density at radius 2 is 1.79 bits per heavy atom. The summed E-state index contributed by atoms with van der Waals surface area (Å²) in [6.07, 6.45) is 3.05. The number of rotatable bonds is 5. The maximum absolute atomic E-state index is 3.48. The quantitative estimate of drug-likeness (QED) is 0.666. The zero-order valence-corrected chi connectivity index (χ0v) is 10.9. The van der Waals surface area contributed by atoms with Gasteiger partial charge in [0.1, 0.15) is 0 Å². The molecule has 0 radical (unpaired) electrons. The summed E-state index contributed by atoms with van der Waals surface area (Å²) in [6.45, 7) is 1.94. The molecule has 3 rings (SSSR count). The van der Waals surface area contributed by atoms with Gasteiger partial charge in [0.25, 0.3) is 0 Å². The summed E-state index contributed by atoms with van der Waals surface area (Å²) in [5.41, 5.74) is 3.93. The smallest absolute Gasteiger partial charge is 0.0456 e. The molecule has 3 aromatic rings. The van der Waals surface area contributed by atoms with Crippen LogP contribution in [-0.2, 0) is 13.0 Å². The minimum absolute atomic E-state index is 0.936. The first-order valence-electron chi connectivity index (χ1n) is 6.72. The third-order valence-electron chi connectivity index (χ3n) is 3.38. The van der Waals surface area contributed by atoms with E-state index in [9.17, 15) is 0 Å². The second-order valence-electron chi connectivity index (χ2n) is 4.81. The molecule has 0 saturated carbocycles. The Kier molecular flexibility index (Phi) is 3.61. The van der Waals surface area contributed by atoms with Gasteiger partial charge >= 0.3 is 0 Å². The summed E-state index contributed by atoms with van der Waals surface area (Å²) in [4.78, 5) is 3.26. The van der Waals surface area contributed by atoms with Crippen molar-refractivity contribution >= 4 is 10.9 Å². The lowest BCUT2D eigenvalue weighted by Crippen LogP contribution is -2.16. The Balaban J connectivity index is 1.52. The average molecular weight is 250 g/mol. The molecular weight excluding hydrogens is 232 g/mol. The van der Waals surface area contributed by atoms with Crippen molar-refractivity contribution in [3.8, 4) is 0 Å². The standard InChI is InChI=1S/C17H18N2/c1-2-4-15(5-3-1)13-18-10-8-14-6-7-16-9-11-19-17(16)12-14/h1-7,9,11-12,18-19H,8,10,13H2. The molecule has 19 heavy (non-hydrogen) atoms. The van der Waals surface area contributed by atoms with Crippen LogP contribution in [0.1, 0.15) is 11.1 Å². The number of H-pyrrole nitrogens is 1. The maximum Gasteiger partial charge on any atom is 0.0456 e. The number of hydrogen-bond acceptors (Lipinski definition) is 1. The van der Waals surface area contributed by atoms with Crippen LogP contribution in [0.2, 0.25) is 0 Å². The van der Waals surface area contributed by atoms with Crippen molar-refractivity contribution in [3.63, 3.8) is 0 Å². The summed E-state index contributed by atoms with van der Waals surface area (Å²) in [7, 11) is 0. The van der Waals surface area contributed by atoms with Gasteiger partial charge in [0, 0.05) is 18.3 Å². The molecule has 2 N–H and O–H groups in total. The van der Waals surface area contributed by atoms with Crippen molar-refractivity contribution in [1.29, 1.82) is 0 Å². The molecule has 0 atom stereocenters. The van der Waals surface area contributed by atoms with Crippen LogP contribution in [0.5, 0.6) is 0 Å². The molecule has 2 heteroatoms. The van der Waals surface area contributed by atoms with E-state index in [0.29, 0.717) is 0 Å². The van der Waals surface area contributed by atoms with Crippen molar-refractivity contribution in [2.75, 3.05) is 6.54 Å². The van der Waals surface area contributed by atoms with Gasteiger partial charge in [-0.15, -0.1) is 0 Å². The third-order valence-corrected chi connectivity index (χ3v) is 3.38. The molecule has 96 valence electrons. The van der Waals surface area contributed by atoms with Gasteiger partial charge in [-0.25, -0.2) is 0 Å². The van der Waals surface area contributed by atoms with E-state index in [1.807, 2.05) is 6.20 Å². The molecule has 0 aliphatic rings. The molecule has 0 spiro atoms. The SMILES string of the molecule is c1ccc(CNCCc2ccc3cc[nH]c3c2)cc1. The molecule has 0 unspecified atom stereocenters. The minimum Gasteiger partial charge on any atom is -0.361 e. The highest BCUT2D eigenvalue weighted by Gasteiger charge is 1.97. The van der Waals surface area contributed by atoms with Crippen LogP contribution in [0.25, 0.3) is 10.9 Å². The maximum atomic E-state index is 3.48. The monoisotopic (exact) mass is 250 g/mol. The van der Waals surface area contributed by atoms with E-state index < -0.39 is 0 Å². The largest absolute Gasteiger partial charge is 0.361 e. The van der Waals surface area contributed by atoms with Crippen LogP contribution < -0.4 is 5.32 Å². The molecule has 0 aliphatic heterocycles. The predicted molar refractivity (Wildman–Crippen MR) is 80.2 cm³/mol. The van der Waals surface area contributed by atoms with E-state index in [-0.39, 0.29) is 0 Å². The fraction of sp³-hybridized carbons (Fsp3) is 0.176. The normalized spacial score (nSPS) is 10.9. The van der Waals surface area contributed by atoms with E-state index >= 15 is 0 Å². The molecule has 1 heterocycles. The lowest BCUT2D eigenvalue weighted by Gasteiger charge is -2.05. The zero-order chi connectivity index (χ0) is 12.9. The number of nitrogens with one attached hydrogen (secondary N) is 2. The van der Waals surface area contributed by atoms with Crippen molar-refractivity contribution < 1.29 is 0 Å². The summed E-state index contributed by atoms with van der Waals surface area (Å²) < 4.78 is 0. The number of hydrogen-bond donors (Lipinski definition) is 2. The molecule has 2 aromatic carbocycles. The second kappa shape index (κ2) is 5.72. The van der Waals surface area contributed by atoms with Crippen molar-refractivity contribution in [3.05, 3.63) is 71.9 Å². The lowest BCUT2D eigenvalue weighted by atomic mass is 10.1. The molecule has 0 saturated heterocycles. The van der Waals surface area contributed by atoms with Gasteiger partial charge in [0.05, 0.1) is 0 Å². The van der Waals surface area contributed by atoms with E-state index in [1.54, 1.807) is 0 Å². The van der Waals surface area contributed by atoms with Gasteiger partial charge < -0.3 is 10.3 Å². The van der Waals surface area contributed by atoms with Crippen LogP contribution in [0.15, 0.2) is 60.8 Å². The van der Waals surface area contributed by atoms with E-state index in [0.717, 1.165) is 19.5 Å². The number of benzene rings is 2. The molecule has 1 aromatic heterocycles. The van der Waals surface area contributed by atoms with E-state index in [2.05, 4.69) is 64.9 Å². The van der Waals surface area contributed by atoms with Crippen molar-refractivity contribution in [2.24, 2.45) is 0 Å². The Morgan fingerprint density at radius 3 is 2.68 bits per heavy atom. The fourth-order valence-electron chi connectivity index (χ4n) is 2.31. The summed E-state index contributed by atoms with van der Waals surface area (Å²) >= 11 is 0. The van der Waals surface area contributed by atoms with Crippen LogP contribution in [0.3, 0.4) is 0 Å². The van der Waals surface area contributed by atoms with Gasteiger partial charge in [0.15, 0.2) is 0 Å². The lowest BCUT2D eigenvalue weighted by molar-refractivity contribution is 0.687. The highest BCUT2D eigenvalue weighted by molar-refractivity contribution is 5.79. The first kappa shape index (κ1) is 12.0. The van der Waals surface area contributed by atoms with Gasteiger partial charge in [-0.05, 0) is 41.6 Å². The van der Waals surface area contributed by atoms with Crippen LogP contribution in [0, 0.1) is 0 Å². The molecule has 0 amide bonds. The van der Waals surface area contributed by atoms with Gasteiger partial charge in [-0.3, -0.25) is 0 Å². The average Bonchev–Trinajstić information content (AvgIpc) is 2.92. The first-order valence-corrected chi connectivity index (χ1v) is 6.72. The Bertz CT molecular complexity index is 640. The van der Waals surface area contributed by atoms with E-state index in [4.69, 9.17) is 0 Å². The molecule has 0 bridgehead atoms. The van der Waals surface area contributed by atoms with Crippen molar-refractivity contribution in [2.45, 2.75) is 13.0 Å². The summed E-state index contributed by atoms with van der Waals surface area (Å²) in [5, 5.41) is 4.76. The fourth-order valence-corrected chi connectivity index (χ4v) is 2.31. The Labute approximate surface area is 113 Å². The van der Waals surface area contributed by atoms with Gasteiger partial charge in [-0.2, -0.15) is 0 Å². The van der Waals surface area contributed by atoms with Gasteiger partial charge in [0.2, 0.25) is 0 Å². The second-order valence-corrected chi connectivity index (χ2v) is 4.81. The predicted octanol–water partition coefficient (Wildman–Crippen LogP) is 3.50.